The summed E-state index contributed by atoms with van der Waals surface area (Å²) in [6, 6.07) is 11.8. The van der Waals surface area contributed by atoms with Crippen molar-refractivity contribution in [3.05, 3.63) is 60.2 Å². The van der Waals surface area contributed by atoms with Crippen molar-refractivity contribution in [1.29, 1.82) is 0 Å². The number of benzene rings is 1. The Morgan fingerprint density at radius 1 is 1.16 bits per heavy atom. The monoisotopic (exact) mass is 254 g/mol. The van der Waals surface area contributed by atoms with Gasteiger partial charge < -0.3 is 10.2 Å². The van der Waals surface area contributed by atoms with E-state index in [1.54, 1.807) is 6.26 Å². The van der Waals surface area contributed by atoms with E-state index in [0.717, 1.165) is 28.9 Å². The fraction of sp³-hybridized carbons (Fsp3) is 0.188. The first-order chi connectivity index (χ1) is 9.20. The van der Waals surface area contributed by atoms with E-state index in [-0.39, 0.29) is 0 Å². The molecule has 2 N–H and O–H groups in total. The number of hydrogen-bond donors (Lipinski definition) is 1. The molecule has 2 aromatic rings. The van der Waals surface area contributed by atoms with Crippen molar-refractivity contribution >= 4 is 5.69 Å². The third kappa shape index (κ3) is 3.35. The number of hydrogen-bond acceptors (Lipinski definition) is 3. The van der Waals surface area contributed by atoms with Crippen molar-refractivity contribution in [3.8, 4) is 11.3 Å². The summed E-state index contributed by atoms with van der Waals surface area (Å²) < 4.78 is 5.35. The molecular weight excluding hydrogens is 236 g/mol. The summed E-state index contributed by atoms with van der Waals surface area (Å²) in [6.07, 6.45) is 4.10. The fourth-order valence-electron chi connectivity index (χ4n) is 1.85. The molecular formula is C16H18N2O. The van der Waals surface area contributed by atoms with E-state index in [0.29, 0.717) is 5.69 Å². The summed E-state index contributed by atoms with van der Waals surface area (Å²) in [5, 5.41) is 0. The van der Waals surface area contributed by atoms with Gasteiger partial charge in [-0.2, -0.15) is 0 Å². The lowest BCUT2D eigenvalue weighted by Crippen LogP contribution is -1.89. The first-order valence-corrected chi connectivity index (χ1v) is 6.33. The molecule has 3 heteroatoms. The molecule has 1 aromatic carbocycles. The lowest BCUT2D eigenvalue weighted by molar-refractivity contribution is 0.549. The van der Waals surface area contributed by atoms with E-state index in [1.165, 1.54) is 6.26 Å². The average molecular weight is 254 g/mol. The zero-order valence-electron chi connectivity index (χ0n) is 11.3. The molecule has 2 rings (SSSR count). The van der Waals surface area contributed by atoms with Crippen LogP contribution in [0.2, 0.25) is 0 Å². The van der Waals surface area contributed by atoms with Crippen LogP contribution in [0.4, 0.5) is 5.69 Å². The Morgan fingerprint density at radius 3 is 2.58 bits per heavy atom. The van der Waals surface area contributed by atoms with Crippen LogP contribution in [0.15, 0.2) is 53.3 Å². The predicted octanol–water partition coefficient (Wildman–Crippen LogP) is 3.92. The number of nitrogen functional groups attached to an aromatic ring is 1. The summed E-state index contributed by atoms with van der Waals surface area (Å²) in [5.74, 6) is 0. The molecule has 19 heavy (non-hydrogen) atoms. The topological polar surface area (TPSA) is 52.0 Å². The maximum atomic E-state index is 5.89. The summed E-state index contributed by atoms with van der Waals surface area (Å²) in [6.45, 7) is 4.06. The van der Waals surface area contributed by atoms with Gasteiger partial charge in [0.15, 0.2) is 0 Å². The van der Waals surface area contributed by atoms with Gasteiger partial charge in [0, 0.05) is 16.8 Å². The van der Waals surface area contributed by atoms with Crippen molar-refractivity contribution in [3.63, 3.8) is 0 Å². The van der Waals surface area contributed by atoms with E-state index in [2.05, 4.69) is 11.9 Å². The Balaban J connectivity index is 2.70. The van der Waals surface area contributed by atoms with Gasteiger partial charge in [-0.3, -0.25) is 4.98 Å². The lowest BCUT2D eigenvalue weighted by Gasteiger charge is -2.00. The van der Waals surface area contributed by atoms with Crippen molar-refractivity contribution in [1.82, 2.24) is 4.98 Å². The molecule has 0 fully saturated rings. The SMILES string of the molecule is CCc1cocc(N)cc(-c2ccccc2)nc1C. The zero-order chi connectivity index (χ0) is 13.7. The molecule has 1 aromatic heterocycles. The quantitative estimate of drug-likeness (QED) is 0.883. The summed E-state index contributed by atoms with van der Waals surface area (Å²) >= 11 is 0. The van der Waals surface area contributed by atoms with Gasteiger partial charge in [-0.1, -0.05) is 37.3 Å². The average Bonchev–Trinajstić information content (AvgIpc) is 2.49. The van der Waals surface area contributed by atoms with Crippen LogP contribution in [0.3, 0.4) is 0 Å². The molecule has 3 nitrogen and oxygen atoms in total. The highest BCUT2D eigenvalue weighted by atomic mass is 16.3. The minimum atomic E-state index is 0.545. The molecule has 0 atom stereocenters. The Bertz CT molecular complexity index is 602. The Hall–Kier alpha value is -2.29. The molecule has 0 saturated heterocycles. The first kappa shape index (κ1) is 13.1. The highest BCUT2D eigenvalue weighted by Gasteiger charge is 2.00. The summed E-state index contributed by atoms with van der Waals surface area (Å²) in [5.41, 5.74) is 10.3. The van der Waals surface area contributed by atoms with E-state index < -0.39 is 0 Å². The second kappa shape index (κ2) is 6.05. The van der Waals surface area contributed by atoms with Crippen LogP contribution in [0.1, 0.15) is 18.2 Å². The van der Waals surface area contributed by atoms with Gasteiger partial charge in [0.2, 0.25) is 0 Å². The number of nitrogens with two attached hydrogens (primary N) is 1. The minimum absolute atomic E-state index is 0.545. The van der Waals surface area contributed by atoms with Gasteiger partial charge in [-0.15, -0.1) is 0 Å². The van der Waals surface area contributed by atoms with Crippen LogP contribution < -0.4 is 5.73 Å². The van der Waals surface area contributed by atoms with Crippen molar-refractivity contribution in [2.24, 2.45) is 0 Å². The number of anilines is 1. The van der Waals surface area contributed by atoms with Gasteiger partial charge >= 0.3 is 0 Å². The van der Waals surface area contributed by atoms with Crippen LogP contribution in [-0.2, 0) is 6.42 Å². The van der Waals surface area contributed by atoms with Crippen LogP contribution in [0, 0.1) is 6.92 Å². The van der Waals surface area contributed by atoms with E-state index in [1.807, 2.05) is 43.3 Å². The van der Waals surface area contributed by atoms with Gasteiger partial charge in [-0.05, 0) is 19.4 Å². The fourth-order valence-corrected chi connectivity index (χ4v) is 1.85. The van der Waals surface area contributed by atoms with Gasteiger partial charge in [0.05, 0.1) is 17.6 Å². The van der Waals surface area contributed by atoms with E-state index in [4.69, 9.17) is 10.2 Å². The molecule has 0 amide bonds. The molecule has 0 radical (unpaired) electrons. The lowest BCUT2D eigenvalue weighted by atomic mass is 10.1. The first-order valence-electron chi connectivity index (χ1n) is 6.33. The Kier molecular flexibility index (Phi) is 4.18. The number of aromatic nitrogens is 1. The highest BCUT2D eigenvalue weighted by molar-refractivity contribution is 5.61. The molecule has 0 aliphatic carbocycles. The van der Waals surface area contributed by atoms with Crippen LogP contribution in [0.5, 0.6) is 0 Å². The van der Waals surface area contributed by atoms with E-state index >= 15 is 0 Å². The molecule has 1 heterocycles. The molecule has 0 aliphatic heterocycles. The summed E-state index contributed by atoms with van der Waals surface area (Å²) in [4.78, 5) is 4.68. The van der Waals surface area contributed by atoms with Crippen molar-refractivity contribution < 1.29 is 4.42 Å². The smallest absolute Gasteiger partial charge is 0.113 e. The van der Waals surface area contributed by atoms with Crippen LogP contribution in [-0.4, -0.2) is 4.98 Å². The second-order valence-electron chi connectivity index (χ2n) is 4.34. The second-order valence-corrected chi connectivity index (χ2v) is 4.34. The molecule has 0 saturated carbocycles. The zero-order valence-corrected chi connectivity index (χ0v) is 11.3. The van der Waals surface area contributed by atoms with Crippen LogP contribution >= 0.6 is 0 Å². The molecule has 0 unspecified atom stereocenters. The third-order valence-corrected chi connectivity index (χ3v) is 2.92. The normalized spacial score (nSPS) is 10.0. The number of rotatable bonds is 2. The largest absolute Gasteiger partial charge is 0.470 e. The molecule has 0 aliphatic rings. The van der Waals surface area contributed by atoms with Gasteiger partial charge in [0.25, 0.3) is 0 Å². The predicted molar refractivity (Wildman–Crippen MR) is 78.1 cm³/mol. The van der Waals surface area contributed by atoms with Crippen LogP contribution in [0.25, 0.3) is 11.3 Å². The van der Waals surface area contributed by atoms with Gasteiger partial charge in [-0.25, -0.2) is 0 Å². The molecule has 0 spiro atoms. The Labute approximate surface area is 113 Å². The molecule has 98 valence electrons. The Morgan fingerprint density at radius 2 is 1.89 bits per heavy atom. The molecule has 0 bridgehead atoms. The maximum absolute atomic E-state index is 5.89. The number of aryl methyl sites for hydroxylation is 2. The number of nitrogens with zero attached hydrogens (tertiary/aromatic N) is 1. The highest BCUT2D eigenvalue weighted by Crippen LogP contribution is 2.18. The van der Waals surface area contributed by atoms with Crippen molar-refractivity contribution in [2.75, 3.05) is 5.73 Å². The van der Waals surface area contributed by atoms with Gasteiger partial charge in [0.1, 0.15) is 6.26 Å². The maximum Gasteiger partial charge on any atom is 0.113 e. The van der Waals surface area contributed by atoms with E-state index in [9.17, 15) is 0 Å². The standard InChI is InChI=1S/C16H18N2O/c1-3-13-10-19-11-15(17)9-16(18-12(13)2)14-7-5-4-6-8-14/h4-11H,3,17H2,1-2H3. The summed E-state index contributed by atoms with van der Waals surface area (Å²) in [7, 11) is 0. The minimum Gasteiger partial charge on any atom is -0.470 e. The third-order valence-electron chi connectivity index (χ3n) is 2.92. The van der Waals surface area contributed by atoms with Crippen molar-refractivity contribution in [2.45, 2.75) is 20.3 Å².